The van der Waals surface area contributed by atoms with Crippen molar-refractivity contribution in [2.45, 2.75) is 75.0 Å². The summed E-state index contributed by atoms with van der Waals surface area (Å²) in [6, 6.07) is 8.67. The lowest BCUT2D eigenvalue weighted by molar-refractivity contribution is -0.155. The highest BCUT2D eigenvalue weighted by molar-refractivity contribution is 7.16. The van der Waals surface area contributed by atoms with E-state index in [9.17, 15) is 35.4 Å². The molecule has 47 heavy (non-hydrogen) atoms. The smallest absolute Gasteiger partial charge is 0.247 e. The molecule has 2 saturated heterocycles. The van der Waals surface area contributed by atoms with E-state index >= 15 is 0 Å². The van der Waals surface area contributed by atoms with Gasteiger partial charge in [-0.1, -0.05) is 6.07 Å². The van der Waals surface area contributed by atoms with E-state index in [4.69, 9.17) is 23.7 Å². The van der Waals surface area contributed by atoms with Crippen molar-refractivity contribution >= 4 is 33.5 Å². The molecule has 0 radical (unpaired) electrons. The molecule has 0 spiro atoms. The van der Waals surface area contributed by atoms with Crippen LogP contribution in [0.2, 0.25) is 0 Å². The Bertz CT molecular complexity index is 1660. The minimum Gasteiger partial charge on any atom is -0.504 e. The second-order valence-electron chi connectivity index (χ2n) is 11.7. The molecule has 7 N–H and O–H groups in total. The Balaban J connectivity index is 1.05. The van der Waals surface area contributed by atoms with E-state index in [1.54, 1.807) is 24.6 Å². The highest BCUT2D eigenvalue weighted by atomic mass is 32.1. The van der Waals surface area contributed by atoms with Crippen LogP contribution in [-0.4, -0.2) is 116 Å². The maximum absolute atomic E-state index is 12.9. The first kappa shape index (κ1) is 33.3. The van der Waals surface area contributed by atoms with E-state index in [-0.39, 0.29) is 30.5 Å². The summed E-state index contributed by atoms with van der Waals surface area (Å²) >= 11 is 1.51. The number of phenols is 1. The number of aliphatic hydroxyl groups excluding tert-OH is 5. The fourth-order valence-electron chi connectivity index (χ4n) is 5.82. The van der Waals surface area contributed by atoms with E-state index in [1.165, 1.54) is 36.5 Å². The van der Waals surface area contributed by atoms with Crippen molar-refractivity contribution in [2.24, 2.45) is 0 Å². The zero-order valence-corrected chi connectivity index (χ0v) is 26.2. The Morgan fingerprint density at radius 1 is 1.00 bits per heavy atom. The van der Waals surface area contributed by atoms with Crippen LogP contribution in [0.5, 0.6) is 17.2 Å². The lowest BCUT2D eigenvalue weighted by Gasteiger charge is -2.41. The van der Waals surface area contributed by atoms with Gasteiger partial charge in [0.1, 0.15) is 68.0 Å². The Kier molecular flexibility index (Phi) is 9.80. The minimum absolute atomic E-state index is 0.0274. The zero-order valence-electron chi connectivity index (χ0n) is 25.4. The van der Waals surface area contributed by atoms with Gasteiger partial charge in [0.15, 0.2) is 11.5 Å². The predicted molar refractivity (Wildman–Crippen MR) is 166 cm³/mol. The molecule has 2 aromatic carbocycles. The summed E-state index contributed by atoms with van der Waals surface area (Å²) in [5.41, 5.74) is 3.86. The molecule has 252 valence electrons. The third kappa shape index (κ3) is 6.85. The molecule has 1 aromatic heterocycles. The highest BCUT2D eigenvalue weighted by Gasteiger charge is 2.53. The molecule has 10 atom stereocenters. The van der Waals surface area contributed by atoms with Gasteiger partial charge in [0.25, 0.3) is 0 Å². The number of aromatic hydroxyl groups is 1. The maximum Gasteiger partial charge on any atom is 0.247 e. The monoisotopic (exact) mass is 672 g/mol. The van der Waals surface area contributed by atoms with E-state index in [0.717, 1.165) is 10.2 Å². The van der Waals surface area contributed by atoms with Crippen LogP contribution in [0.4, 0.5) is 0 Å². The van der Waals surface area contributed by atoms with Gasteiger partial charge in [-0.15, -0.1) is 11.3 Å². The van der Waals surface area contributed by atoms with Crippen LogP contribution in [0.1, 0.15) is 19.4 Å². The standard InChI is InChI=1S/C32H36N2O12S/c1-14(7-8-42-17-4-5-18-21(11-17)47-12-33-18)28-26(39)27(40)32(46-28)45-20-6-3-16(10-19(20)35)9-15(2)31(41)34-22-23(36)25(38)30-29(24(22)37)43-13-44-30/h3-7,9-12,22-30,32,35-40H,8,13H2,1-2H3,(H,34,41)/b14-7+,15-9?/t22-,23+,24-,25-,26+,27+,28-,29+,30-,32-/m1/s1. The number of aliphatic hydroxyl groups is 5. The van der Waals surface area contributed by atoms with E-state index in [2.05, 4.69) is 10.3 Å². The summed E-state index contributed by atoms with van der Waals surface area (Å²) in [6.45, 7) is 3.29. The highest BCUT2D eigenvalue weighted by Crippen LogP contribution is 2.34. The number of carbonyl (C=O) groups is 1. The summed E-state index contributed by atoms with van der Waals surface area (Å²) in [4.78, 5) is 17.1. The number of aromatic nitrogens is 1. The topological polar surface area (TPSA) is 210 Å². The van der Waals surface area contributed by atoms with Gasteiger partial charge in [-0.3, -0.25) is 4.79 Å². The van der Waals surface area contributed by atoms with Crippen molar-refractivity contribution in [3.63, 3.8) is 0 Å². The van der Waals surface area contributed by atoms with Gasteiger partial charge >= 0.3 is 0 Å². The summed E-state index contributed by atoms with van der Waals surface area (Å²) in [7, 11) is 0. The summed E-state index contributed by atoms with van der Waals surface area (Å²) in [5, 5.41) is 65.9. The Hall–Kier alpha value is -3.64. The van der Waals surface area contributed by atoms with Crippen LogP contribution in [0.3, 0.4) is 0 Å². The molecule has 15 heteroatoms. The molecule has 14 nitrogen and oxygen atoms in total. The van der Waals surface area contributed by atoms with Gasteiger partial charge in [-0.2, -0.15) is 0 Å². The number of nitrogens with one attached hydrogen (secondary N) is 1. The fraction of sp³-hybridized carbons (Fsp3) is 0.438. The second-order valence-corrected chi connectivity index (χ2v) is 12.6. The molecule has 1 amide bonds. The summed E-state index contributed by atoms with van der Waals surface area (Å²) in [5.74, 6) is -0.307. The first-order chi connectivity index (χ1) is 22.5. The van der Waals surface area contributed by atoms with Crippen molar-refractivity contribution in [3.8, 4) is 17.2 Å². The zero-order chi connectivity index (χ0) is 33.4. The molecule has 3 fully saturated rings. The number of nitrogens with zero attached hydrogens (tertiary/aromatic N) is 1. The van der Waals surface area contributed by atoms with Crippen molar-refractivity contribution in [1.82, 2.24) is 10.3 Å². The molecule has 2 aliphatic heterocycles. The van der Waals surface area contributed by atoms with Crippen LogP contribution in [-0.2, 0) is 19.0 Å². The SMILES string of the molecule is CC(=Cc1ccc(O[C@@H]2O[C@H](/C(C)=C/COc3ccc4ncsc4c3)[C@@H](O)[C@@H]2O)c(O)c1)C(=O)N[C@@H]1[C@H](O)[C@@H](O)[C@H]2OCO[C@H]2[C@@H]1O. The molecular weight excluding hydrogens is 636 g/mol. The van der Waals surface area contributed by atoms with Crippen molar-refractivity contribution in [1.29, 1.82) is 0 Å². The van der Waals surface area contributed by atoms with Crippen LogP contribution >= 0.6 is 11.3 Å². The number of thiazole rings is 1. The molecule has 1 saturated carbocycles. The fourth-order valence-corrected chi connectivity index (χ4v) is 6.52. The molecule has 3 aromatic rings. The number of hydrogen-bond acceptors (Lipinski definition) is 14. The molecular formula is C32H36N2O12S. The first-order valence-electron chi connectivity index (χ1n) is 14.9. The molecule has 0 bridgehead atoms. The predicted octanol–water partition coefficient (Wildman–Crippen LogP) is 0.579. The van der Waals surface area contributed by atoms with Crippen LogP contribution in [0.15, 0.2) is 59.1 Å². The van der Waals surface area contributed by atoms with Crippen LogP contribution in [0, 0.1) is 0 Å². The van der Waals surface area contributed by atoms with Crippen molar-refractivity contribution < 1.29 is 59.1 Å². The van der Waals surface area contributed by atoms with Gasteiger partial charge in [0, 0.05) is 5.57 Å². The molecule has 6 rings (SSSR count). The van der Waals surface area contributed by atoms with E-state index < -0.39 is 67.1 Å². The third-order valence-electron chi connectivity index (χ3n) is 8.50. The maximum atomic E-state index is 12.9. The molecule has 3 heterocycles. The Morgan fingerprint density at radius 3 is 2.53 bits per heavy atom. The van der Waals surface area contributed by atoms with Gasteiger partial charge in [0.05, 0.1) is 21.8 Å². The minimum atomic E-state index is -1.49. The normalized spacial score (nSPS) is 32.7. The number of fused-ring (bicyclic) bond motifs is 2. The summed E-state index contributed by atoms with van der Waals surface area (Å²) < 4.78 is 28.8. The van der Waals surface area contributed by atoms with Gasteiger partial charge in [0.2, 0.25) is 12.2 Å². The number of benzene rings is 2. The number of ether oxygens (including phenoxy) is 5. The Morgan fingerprint density at radius 2 is 1.77 bits per heavy atom. The van der Waals surface area contributed by atoms with Crippen LogP contribution in [0.25, 0.3) is 16.3 Å². The quantitative estimate of drug-likeness (QED) is 0.123. The van der Waals surface area contributed by atoms with Crippen molar-refractivity contribution in [3.05, 3.63) is 64.7 Å². The molecule has 3 aliphatic rings. The first-order valence-corrected chi connectivity index (χ1v) is 15.8. The average Bonchev–Trinajstić information content (AvgIpc) is 3.80. The number of hydrogen-bond donors (Lipinski definition) is 7. The van der Waals surface area contributed by atoms with Crippen molar-refractivity contribution in [2.75, 3.05) is 13.4 Å². The lowest BCUT2D eigenvalue weighted by Crippen LogP contribution is -2.67. The van der Waals surface area contributed by atoms with Gasteiger partial charge in [-0.25, -0.2) is 4.98 Å². The molecule has 0 unspecified atom stereocenters. The van der Waals surface area contributed by atoms with Crippen LogP contribution < -0.4 is 14.8 Å². The molecule has 1 aliphatic carbocycles. The largest absolute Gasteiger partial charge is 0.504 e. The lowest BCUT2D eigenvalue weighted by atomic mass is 9.83. The van der Waals surface area contributed by atoms with Gasteiger partial charge < -0.3 is 59.6 Å². The van der Waals surface area contributed by atoms with E-state index in [0.29, 0.717) is 16.9 Å². The second kappa shape index (κ2) is 13.8. The average molecular weight is 673 g/mol. The van der Waals surface area contributed by atoms with E-state index in [1.807, 2.05) is 18.2 Å². The Labute approximate surface area is 273 Å². The van der Waals surface area contributed by atoms with Gasteiger partial charge in [-0.05, 0) is 67.5 Å². The summed E-state index contributed by atoms with van der Waals surface area (Å²) in [6.07, 6.45) is -7.67. The number of rotatable bonds is 9. The third-order valence-corrected chi connectivity index (χ3v) is 9.29. The number of amides is 1. The number of carbonyl (C=O) groups excluding carboxylic acids is 1. The number of phenolic OH excluding ortho intramolecular Hbond substituents is 1.